The summed E-state index contributed by atoms with van der Waals surface area (Å²) in [5.41, 5.74) is 0. The van der Waals surface area contributed by atoms with Crippen molar-refractivity contribution in [1.29, 1.82) is 0 Å². The van der Waals surface area contributed by atoms with Crippen molar-refractivity contribution in [3.63, 3.8) is 0 Å². The summed E-state index contributed by atoms with van der Waals surface area (Å²) in [6.07, 6.45) is 2.13. The van der Waals surface area contributed by atoms with Crippen molar-refractivity contribution in [3.05, 3.63) is 11.6 Å². The van der Waals surface area contributed by atoms with Gasteiger partial charge in [-0.25, -0.2) is 0 Å². The normalized spacial score (nSPS) is 13.9. The fraction of sp³-hybridized carbons (Fsp3) is 0.700. The van der Waals surface area contributed by atoms with E-state index < -0.39 is 0 Å². The Morgan fingerprint density at radius 3 is 3.12 bits per heavy atom. The highest BCUT2D eigenvalue weighted by atomic mass is 16.2. The van der Waals surface area contributed by atoms with Crippen molar-refractivity contribution in [2.75, 3.05) is 20.6 Å². The molecule has 6 heteroatoms. The molecule has 0 unspecified atom stereocenters. The van der Waals surface area contributed by atoms with E-state index in [2.05, 4.69) is 20.1 Å². The standard InChI is InChI=1S/C10H17N5O/c1-11-6-10(16)14(2)7-9-13-12-8-4-3-5-15(8)9/h11H,3-7H2,1-2H3. The van der Waals surface area contributed by atoms with Crippen LogP contribution in [-0.2, 0) is 24.3 Å². The van der Waals surface area contributed by atoms with Crippen molar-refractivity contribution >= 4 is 5.91 Å². The number of rotatable bonds is 4. The molecule has 0 radical (unpaired) electrons. The van der Waals surface area contributed by atoms with Crippen LogP contribution in [-0.4, -0.2) is 46.2 Å². The van der Waals surface area contributed by atoms with Crippen LogP contribution in [0.4, 0.5) is 0 Å². The van der Waals surface area contributed by atoms with Crippen LogP contribution >= 0.6 is 0 Å². The number of aromatic nitrogens is 3. The zero-order chi connectivity index (χ0) is 11.5. The fourth-order valence-corrected chi connectivity index (χ4v) is 1.91. The molecule has 1 aliphatic rings. The first-order chi connectivity index (χ1) is 7.72. The summed E-state index contributed by atoms with van der Waals surface area (Å²) in [5.74, 6) is 2.00. The smallest absolute Gasteiger partial charge is 0.236 e. The maximum Gasteiger partial charge on any atom is 0.236 e. The lowest BCUT2D eigenvalue weighted by Crippen LogP contribution is -2.34. The molecule has 1 N–H and O–H groups in total. The van der Waals surface area contributed by atoms with Crippen LogP contribution in [0.15, 0.2) is 0 Å². The molecule has 1 aromatic rings. The number of amides is 1. The number of nitrogens with one attached hydrogen (secondary N) is 1. The second-order valence-corrected chi connectivity index (χ2v) is 4.07. The van der Waals surface area contributed by atoms with E-state index >= 15 is 0 Å². The predicted molar refractivity (Wildman–Crippen MR) is 58.7 cm³/mol. The molecule has 0 saturated carbocycles. The Kier molecular flexibility index (Phi) is 3.19. The fourth-order valence-electron chi connectivity index (χ4n) is 1.91. The Morgan fingerprint density at radius 1 is 1.56 bits per heavy atom. The molecule has 0 aliphatic carbocycles. The number of likely N-dealkylation sites (N-methyl/N-ethyl adjacent to an activating group) is 2. The second kappa shape index (κ2) is 4.61. The summed E-state index contributed by atoms with van der Waals surface area (Å²) >= 11 is 0. The molecular formula is C10H17N5O. The third-order valence-electron chi connectivity index (χ3n) is 2.82. The molecule has 16 heavy (non-hydrogen) atoms. The molecule has 0 saturated heterocycles. The van der Waals surface area contributed by atoms with E-state index in [9.17, 15) is 4.79 Å². The maximum absolute atomic E-state index is 11.6. The van der Waals surface area contributed by atoms with Gasteiger partial charge in [0.25, 0.3) is 0 Å². The molecule has 0 aromatic carbocycles. The van der Waals surface area contributed by atoms with Crippen LogP contribution in [0.25, 0.3) is 0 Å². The number of carbonyl (C=O) groups is 1. The molecule has 1 aromatic heterocycles. The molecule has 0 bridgehead atoms. The van der Waals surface area contributed by atoms with Gasteiger partial charge in [0.15, 0.2) is 5.82 Å². The minimum absolute atomic E-state index is 0.0675. The van der Waals surface area contributed by atoms with E-state index in [0.29, 0.717) is 13.1 Å². The van der Waals surface area contributed by atoms with Crippen LogP contribution in [0.1, 0.15) is 18.1 Å². The number of hydrogen-bond donors (Lipinski definition) is 1. The van der Waals surface area contributed by atoms with Crippen molar-refractivity contribution in [3.8, 4) is 0 Å². The second-order valence-electron chi connectivity index (χ2n) is 4.07. The quantitative estimate of drug-likeness (QED) is 0.740. The van der Waals surface area contributed by atoms with E-state index in [1.165, 1.54) is 0 Å². The highest BCUT2D eigenvalue weighted by Crippen LogP contribution is 2.14. The monoisotopic (exact) mass is 223 g/mol. The molecule has 1 amide bonds. The zero-order valence-electron chi connectivity index (χ0n) is 9.73. The highest BCUT2D eigenvalue weighted by Gasteiger charge is 2.19. The number of nitrogens with zero attached hydrogens (tertiary/aromatic N) is 4. The lowest BCUT2D eigenvalue weighted by molar-refractivity contribution is -0.129. The van der Waals surface area contributed by atoms with Gasteiger partial charge in [0.05, 0.1) is 13.1 Å². The average Bonchev–Trinajstić information content (AvgIpc) is 2.83. The van der Waals surface area contributed by atoms with Crippen LogP contribution in [0.2, 0.25) is 0 Å². The first-order valence-electron chi connectivity index (χ1n) is 5.52. The Balaban J connectivity index is 2.01. The Labute approximate surface area is 94.6 Å². The van der Waals surface area contributed by atoms with Crippen molar-refractivity contribution in [2.45, 2.75) is 25.9 Å². The Hall–Kier alpha value is -1.43. The number of aryl methyl sites for hydroxylation is 1. The van der Waals surface area contributed by atoms with Gasteiger partial charge in [0, 0.05) is 20.0 Å². The first-order valence-corrected chi connectivity index (χ1v) is 5.52. The van der Waals surface area contributed by atoms with Gasteiger partial charge in [-0.05, 0) is 13.5 Å². The average molecular weight is 223 g/mol. The molecule has 0 atom stereocenters. The van der Waals surface area contributed by atoms with Gasteiger partial charge < -0.3 is 14.8 Å². The maximum atomic E-state index is 11.6. The van der Waals surface area contributed by atoms with Crippen LogP contribution < -0.4 is 5.32 Å². The van der Waals surface area contributed by atoms with Gasteiger partial charge in [0.2, 0.25) is 5.91 Å². The summed E-state index contributed by atoms with van der Waals surface area (Å²) < 4.78 is 2.11. The van der Waals surface area contributed by atoms with Crippen molar-refractivity contribution in [1.82, 2.24) is 25.0 Å². The zero-order valence-corrected chi connectivity index (χ0v) is 9.73. The van der Waals surface area contributed by atoms with Gasteiger partial charge in [0.1, 0.15) is 5.82 Å². The highest BCUT2D eigenvalue weighted by molar-refractivity contribution is 5.77. The molecule has 0 spiro atoms. The Bertz CT molecular complexity index is 387. The van der Waals surface area contributed by atoms with Gasteiger partial charge in [-0.15, -0.1) is 10.2 Å². The summed E-state index contributed by atoms with van der Waals surface area (Å²) in [6.45, 7) is 1.87. The molecule has 1 aliphatic heterocycles. The lowest BCUT2D eigenvalue weighted by atomic mass is 10.4. The van der Waals surface area contributed by atoms with E-state index in [1.54, 1.807) is 19.0 Å². The van der Waals surface area contributed by atoms with Gasteiger partial charge in [-0.2, -0.15) is 0 Å². The molecule has 6 nitrogen and oxygen atoms in total. The number of hydrogen-bond acceptors (Lipinski definition) is 4. The number of fused-ring (bicyclic) bond motifs is 1. The molecule has 88 valence electrons. The molecular weight excluding hydrogens is 206 g/mol. The molecule has 2 heterocycles. The van der Waals surface area contributed by atoms with Gasteiger partial charge in [-0.1, -0.05) is 0 Å². The van der Waals surface area contributed by atoms with Gasteiger partial charge in [-0.3, -0.25) is 4.79 Å². The third kappa shape index (κ3) is 2.06. The summed E-state index contributed by atoms with van der Waals surface area (Å²) in [7, 11) is 3.55. The van der Waals surface area contributed by atoms with Crippen LogP contribution in [0, 0.1) is 0 Å². The SMILES string of the molecule is CNCC(=O)N(C)Cc1nnc2n1CCC2. The minimum Gasteiger partial charge on any atom is -0.337 e. The molecule has 2 rings (SSSR count). The van der Waals surface area contributed by atoms with E-state index in [4.69, 9.17) is 0 Å². The number of carbonyl (C=O) groups excluding carboxylic acids is 1. The largest absolute Gasteiger partial charge is 0.337 e. The van der Waals surface area contributed by atoms with Crippen LogP contribution in [0.3, 0.4) is 0 Å². The Morgan fingerprint density at radius 2 is 2.38 bits per heavy atom. The first kappa shape index (κ1) is 11.1. The minimum atomic E-state index is 0.0675. The third-order valence-corrected chi connectivity index (χ3v) is 2.82. The summed E-state index contributed by atoms with van der Waals surface area (Å²) in [5, 5.41) is 11.1. The van der Waals surface area contributed by atoms with Crippen molar-refractivity contribution in [2.24, 2.45) is 0 Å². The predicted octanol–water partition coefficient (Wildman–Crippen LogP) is -0.598. The van der Waals surface area contributed by atoms with Gasteiger partial charge >= 0.3 is 0 Å². The molecule has 0 fully saturated rings. The van der Waals surface area contributed by atoms with Crippen molar-refractivity contribution < 1.29 is 4.79 Å². The van der Waals surface area contributed by atoms with E-state index in [1.807, 2.05) is 0 Å². The topological polar surface area (TPSA) is 63.1 Å². The van der Waals surface area contributed by atoms with E-state index in [0.717, 1.165) is 31.0 Å². The lowest BCUT2D eigenvalue weighted by Gasteiger charge is -2.16. The summed E-state index contributed by atoms with van der Waals surface area (Å²) in [4.78, 5) is 13.2. The van der Waals surface area contributed by atoms with Crippen LogP contribution in [0.5, 0.6) is 0 Å². The summed E-state index contributed by atoms with van der Waals surface area (Å²) in [6, 6.07) is 0. The van der Waals surface area contributed by atoms with E-state index in [-0.39, 0.29) is 5.91 Å².